The van der Waals surface area contributed by atoms with Gasteiger partial charge in [0, 0.05) is 16.3 Å². The Morgan fingerprint density at radius 1 is 1.05 bits per heavy atom. The van der Waals surface area contributed by atoms with E-state index in [0.717, 1.165) is 17.0 Å². The van der Waals surface area contributed by atoms with Crippen LogP contribution in [0.15, 0.2) is 52.3 Å². The van der Waals surface area contributed by atoms with Crippen LogP contribution in [0, 0.1) is 17.6 Å². The lowest BCUT2D eigenvalue weighted by atomic mass is 10.2. The summed E-state index contributed by atoms with van der Waals surface area (Å²) in [6.45, 7) is 5.67. The van der Waals surface area contributed by atoms with E-state index in [-0.39, 0.29) is 11.6 Å². The molecule has 0 unspecified atom stereocenters. The lowest BCUT2D eigenvalue weighted by Crippen LogP contribution is -2.19. The maximum absolute atomic E-state index is 13.7. The molecular formula is C17H19F2NS. The smallest absolute Gasteiger partial charge is 0.137 e. The summed E-state index contributed by atoms with van der Waals surface area (Å²) in [7, 11) is 0. The molecule has 0 atom stereocenters. The van der Waals surface area contributed by atoms with Gasteiger partial charge in [-0.1, -0.05) is 37.7 Å². The summed E-state index contributed by atoms with van der Waals surface area (Å²) in [5.74, 6) is 0.00313. The van der Waals surface area contributed by atoms with Crippen LogP contribution in [0.1, 0.15) is 19.4 Å². The molecule has 2 rings (SSSR count). The molecule has 0 aromatic heterocycles. The van der Waals surface area contributed by atoms with E-state index in [4.69, 9.17) is 0 Å². The highest BCUT2D eigenvalue weighted by molar-refractivity contribution is 7.99. The first-order valence-corrected chi connectivity index (χ1v) is 7.79. The minimum absolute atomic E-state index is 0.257. The highest BCUT2D eigenvalue weighted by Gasteiger charge is 2.09. The monoisotopic (exact) mass is 307 g/mol. The number of nitrogens with one attached hydrogen (secondary N) is 1. The zero-order valence-electron chi connectivity index (χ0n) is 12.2. The number of benzene rings is 2. The molecule has 0 aliphatic heterocycles. The summed E-state index contributed by atoms with van der Waals surface area (Å²) >= 11 is 1.33. The van der Waals surface area contributed by atoms with E-state index < -0.39 is 0 Å². The van der Waals surface area contributed by atoms with Crippen molar-refractivity contribution < 1.29 is 8.78 Å². The zero-order valence-corrected chi connectivity index (χ0v) is 13.0. The Morgan fingerprint density at radius 2 is 1.81 bits per heavy atom. The third-order valence-corrected chi connectivity index (χ3v) is 4.12. The summed E-state index contributed by atoms with van der Waals surface area (Å²) in [6, 6.07) is 11.3. The predicted octanol–water partition coefficient (Wildman–Crippen LogP) is 4.86. The van der Waals surface area contributed by atoms with Gasteiger partial charge in [-0.15, -0.1) is 0 Å². The molecule has 0 saturated heterocycles. The Labute approximate surface area is 128 Å². The van der Waals surface area contributed by atoms with Gasteiger partial charge in [0.15, 0.2) is 0 Å². The third-order valence-electron chi connectivity index (χ3n) is 2.95. The van der Waals surface area contributed by atoms with Gasteiger partial charge in [0.1, 0.15) is 11.6 Å². The molecule has 0 heterocycles. The fraction of sp³-hybridized carbons (Fsp3) is 0.294. The van der Waals surface area contributed by atoms with E-state index in [2.05, 4.69) is 19.2 Å². The lowest BCUT2D eigenvalue weighted by Gasteiger charge is -2.12. The first-order chi connectivity index (χ1) is 10.1. The van der Waals surface area contributed by atoms with Crippen LogP contribution < -0.4 is 5.32 Å². The molecule has 0 amide bonds. The predicted molar refractivity (Wildman–Crippen MR) is 83.5 cm³/mol. The Balaban J connectivity index is 2.16. The standard InChI is InChI=1S/C17H19F2NS/c1-12(2)10-20-11-13-9-14(18)7-8-16(13)21-17-6-4-3-5-15(17)19/h3-9,12,20H,10-11H2,1-2H3. The molecule has 2 aromatic carbocycles. The summed E-state index contributed by atoms with van der Waals surface area (Å²) in [4.78, 5) is 1.42. The summed E-state index contributed by atoms with van der Waals surface area (Å²) in [5, 5.41) is 3.30. The van der Waals surface area contributed by atoms with Crippen molar-refractivity contribution in [3.05, 3.63) is 59.7 Å². The van der Waals surface area contributed by atoms with E-state index in [1.807, 2.05) is 0 Å². The number of hydrogen-bond acceptors (Lipinski definition) is 2. The number of halogens is 2. The lowest BCUT2D eigenvalue weighted by molar-refractivity contribution is 0.547. The summed E-state index contributed by atoms with van der Waals surface area (Å²) in [6.07, 6.45) is 0. The van der Waals surface area contributed by atoms with E-state index in [1.54, 1.807) is 24.3 Å². The van der Waals surface area contributed by atoms with Crippen molar-refractivity contribution in [2.45, 2.75) is 30.2 Å². The molecule has 0 spiro atoms. The molecule has 1 nitrogen and oxygen atoms in total. The largest absolute Gasteiger partial charge is 0.312 e. The molecule has 0 aliphatic rings. The van der Waals surface area contributed by atoms with Gasteiger partial charge in [0.25, 0.3) is 0 Å². The first-order valence-electron chi connectivity index (χ1n) is 6.98. The molecule has 0 fully saturated rings. The van der Waals surface area contributed by atoms with Gasteiger partial charge < -0.3 is 5.32 Å². The molecular weight excluding hydrogens is 288 g/mol. The van der Waals surface area contributed by atoms with Crippen molar-refractivity contribution >= 4 is 11.8 Å². The molecule has 0 saturated carbocycles. The molecule has 112 valence electrons. The fourth-order valence-corrected chi connectivity index (χ4v) is 2.87. The van der Waals surface area contributed by atoms with E-state index >= 15 is 0 Å². The van der Waals surface area contributed by atoms with Crippen LogP contribution in [-0.2, 0) is 6.54 Å². The third kappa shape index (κ3) is 4.83. The van der Waals surface area contributed by atoms with Gasteiger partial charge in [-0.3, -0.25) is 0 Å². The SMILES string of the molecule is CC(C)CNCc1cc(F)ccc1Sc1ccccc1F. The van der Waals surface area contributed by atoms with Crippen molar-refractivity contribution in [1.29, 1.82) is 0 Å². The average molecular weight is 307 g/mol. The van der Waals surface area contributed by atoms with Gasteiger partial charge in [-0.25, -0.2) is 8.78 Å². The second-order valence-corrected chi connectivity index (χ2v) is 6.39. The van der Waals surface area contributed by atoms with Crippen LogP contribution in [-0.4, -0.2) is 6.54 Å². The van der Waals surface area contributed by atoms with Crippen LogP contribution in [0.2, 0.25) is 0 Å². The van der Waals surface area contributed by atoms with Gasteiger partial charge in [-0.2, -0.15) is 0 Å². The number of rotatable bonds is 6. The van der Waals surface area contributed by atoms with Crippen molar-refractivity contribution in [1.82, 2.24) is 5.32 Å². The maximum atomic E-state index is 13.7. The van der Waals surface area contributed by atoms with Gasteiger partial charge in [0.05, 0.1) is 0 Å². The minimum atomic E-state index is -0.269. The quantitative estimate of drug-likeness (QED) is 0.818. The minimum Gasteiger partial charge on any atom is -0.312 e. The normalized spacial score (nSPS) is 11.1. The van der Waals surface area contributed by atoms with Crippen LogP contribution in [0.5, 0.6) is 0 Å². The van der Waals surface area contributed by atoms with Crippen molar-refractivity contribution in [3.8, 4) is 0 Å². The fourth-order valence-electron chi connectivity index (χ4n) is 1.93. The molecule has 21 heavy (non-hydrogen) atoms. The highest BCUT2D eigenvalue weighted by atomic mass is 32.2. The maximum Gasteiger partial charge on any atom is 0.137 e. The van der Waals surface area contributed by atoms with E-state index in [0.29, 0.717) is 17.4 Å². The Kier molecular flexibility index (Phi) is 5.76. The molecule has 0 aliphatic carbocycles. The molecule has 2 aromatic rings. The van der Waals surface area contributed by atoms with Gasteiger partial charge in [-0.05, 0) is 48.4 Å². The Morgan fingerprint density at radius 3 is 2.52 bits per heavy atom. The van der Waals surface area contributed by atoms with Gasteiger partial charge in [0.2, 0.25) is 0 Å². The molecule has 4 heteroatoms. The van der Waals surface area contributed by atoms with E-state index in [9.17, 15) is 8.78 Å². The van der Waals surface area contributed by atoms with Crippen molar-refractivity contribution in [2.75, 3.05) is 6.54 Å². The Bertz CT molecular complexity index is 599. The summed E-state index contributed by atoms with van der Waals surface area (Å²) in [5.41, 5.74) is 0.851. The molecule has 0 radical (unpaired) electrons. The zero-order chi connectivity index (χ0) is 15.2. The van der Waals surface area contributed by atoms with Crippen LogP contribution in [0.3, 0.4) is 0 Å². The molecule has 1 N–H and O–H groups in total. The molecule has 0 bridgehead atoms. The highest BCUT2D eigenvalue weighted by Crippen LogP contribution is 2.32. The van der Waals surface area contributed by atoms with Crippen LogP contribution >= 0.6 is 11.8 Å². The second-order valence-electron chi connectivity index (χ2n) is 5.31. The van der Waals surface area contributed by atoms with Crippen molar-refractivity contribution in [3.63, 3.8) is 0 Å². The summed E-state index contributed by atoms with van der Waals surface area (Å²) < 4.78 is 27.2. The number of hydrogen-bond donors (Lipinski definition) is 1. The van der Waals surface area contributed by atoms with Crippen LogP contribution in [0.25, 0.3) is 0 Å². The average Bonchev–Trinajstić information content (AvgIpc) is 2.43. The first kappa shape index (κ1) is 16.0. The topological polar surface area (TPSA) is 12.0 Å². The Hall–Kier alpha value is -1.39. The van der Waals surface area contributed by atoms with Crippen LogP contribution in [0.4, 0.5) is 8.78 Å². The van der Waals surface area contributed by atoms with Crippen molar-refractivity contribution in [2.24, 2.45) is 5.92 Å². The van der Waals surface area contributed by atoms with Gasteiger partial charge >= 0.3 is 0 Å². The van der Waals surface area contributed by atoms with E-state index in [1.165, 1.54) is 30.0 Å². The second kappa shape index (κ2) is 7.57.